The zero-order chi connectivity index (χ0) is 15.4. The highest BCUT2D eigenvalue weighted by Gasteiger charge is 2.20. The molecule has 21 heavy (non-hydrogen) atoms. The summed E-state index contributed by atoms with van der Waals surface area (Å²) < 4.78 is 29.4. The quantitative estimate of drug-likeness (QED) is 0.833. The van der Waals surface area contributed by atoms with Crippen LogP contribution in [0, 0.1) is 11.6 Å². The largest absolute Gasteiger partial charge is 0.309 e. The number of nitrogens with zero attached hydrogens (tertiary/aromatic N) is 3. The van der Waals surface area contributed by atoms with Gasteiger partial charge >= 0.3 is 0 Å². The van der Waals surface area contributed by atoms with Gasteiger partial charge in [0.05, 0.1) is 5.02 Å². The van der Waals surface area contributed by atoms with Gasteiger partial charge in [-0.1, -0.05) is 18.5 Å². The fourth-order valence-electron chi connectivity index (χ4n) is 2.10. The van der Waals surface area contributed by atoms with Crippen molar-refractivity contribution in [3.63, 3.8) is 0 Å². The van der Waals surface area contributed by atoms with Crippen LogP contribution in [0.3, 0.4) is 0 Å². The van der Waals surface area contributed by atoms with Gasteiger partial charge in [-0.3, -0.25) is 4.68 Å². The molecule has 7 heteroatoms. The van der Waals surface area contributed by atoms with E-state index in [1.165, 1.54) is 6.33 Å². The van der Waals surface area contributed by atoms with E-state index in [4.69, 9.17) is 11.6 Å². The van der Waals surface area contributed by atoms with Crippen molar-refractivity contribution in [2.45, 2.75) is 25.8 Å². The van der Waals surface area contributed by atoms with Crippen molar-refractivity contribution in [1.29, 1.82) is 0 Å². The van der Waals surface area contributed by atoms with Gasteiger partial charge in [0.1, 0.15) is 23.8 Å². The Morgan fingerprint density at radius 1 is 1.33 bits per heavy atom. The molecule has 1 unspecified atom stereocenters. The van der Waals surface area contributed by atoms with Crippen molar-refractivity contribution in [2.75, 3.05) is 6.54 Å². The first-order valence-corrected chi connectivity index (χ1v) is 7.11. The maximum atomic E-state index is 14.1. The molecular formula is C14H17ClF2N4. The number of nitrogens with one attached hydrogen (secondary N) is 1. The lowest BCUT2D eigenvalue weighted by atomic mass is 10.0. The Balaban J connectivity index is 2.31. The van der Waals surface area contributed by atoms with E-state index in [9.17, 15) is 8.78 Å². The van der Waals surface area contributed by atoms with Crippen molar-refractivity contribution >= 4 is 11.6 Å². The molecule has 0 saturated carbocycles. The highest BCUT2D eigenvalue weighted by Crippen LogP contribution is 2.26. The van der Waals surface area contributed by atoms with Crippen LogP contribution in [0.5, 0.6) is 0 Å². The third kappa shape index (κ3) is 3.77. The Kier molecular flexibility index (Phi) is 5.25. The molecule has 1 aromatic carbocycles. The molecule has 0 aliphatic carbocycles. The van der Waals surface area contributed by atoms with Gasteiger partial charge in [0.2, 0.25) is 0 Å². The zero-order valence-electron chi connectivity index (χ0n) is 11.9. The number of benzene rings is 1. The summed E-state index contributed by atoms with van der Waals surface area (Å²) in [4.78, 5) is 4.13. The summed E-state index contributed by atoms with van der Waals surface area (Å²) in [5.74, 6) is -0.468. The summed E-state index contributed by atoms with van der Waals surface area (Å²) in [6.07, 6.45) is 2.73. The van der Waals surface area contributed by atoms with Crippen molar-refractivity contribution in [2.24, 2.45) is 7.05 Å². The molecule has 0 saturated heterocycles. The van der Waals surface area contributed by atoms with E-state index in [0.717, 1.165) is 18.6 Å². The van der Waals surface area contributed by atoms with Crippen LogP contribution < -0.4 is 5.32 Å². The topological polar surface area (TPSA) is 42.7 Å². The predicted molar refractivity (Wildman–Crippen MR) is 77.1 cm³/mol. The van der Waals surface area contributed by atoms with Gasteiger partial charge in [-0.25, -0.2) is 13.8 Å². The number of hydrogen-bond donors (Lipinski definition) is 1. The molecule has 1 atom stereocenters. The summed E-state index contributed by atoms with van der Waals surface area (Å²) in [7, 11) is 1.76. The molecule has 1 N–H and O–H groups in total. The third-order valence-electron chi connectivity index (χ3n) is 3.25. The highest BCUT2D eigenvalue weighted by molar-refractivity contribution is 6.30. The van der Waals surface area contributed by atoms with E-state index < -0.39 is 11.6 Å². The summed E-state index contributed by atoms with van der Waals surface area (Å²) in [6, 6.07) is 1.75. The Morgan fingerprint density at radius 3 is 2.71 bits per heavy atom. The normalized spacial score (nSPS) is 12.6. The number of hydrogen-bond acceptors (Lipinski definition) is 3. The van der Waals surface area contributed by atoms with E-state index in [1.807, 2.05) is 6.92 Å². The lowest BCUT2D eigenvalue weighted by molar-refractivity contribution is 0.476. The van der Waals surface area contributed by atoms with Crippen molar-refractivity contribution in [1.82, 2.24) is 20.1 Å². The van der Waals surface area contributed by atoms with Gasteiger partial charge in [0.25, 0.3) is 0 Å². The maximum absolute atomic E-state index is 14.1. The standard InChI is InChI=1S/C14H17ClF2N4/c1-3-4-18-13(7-14-19-8-20-21(14)2)9-5-12(17)10(15)6-11(9)16/h5-6,8,13,18H,3-4,7H2,1-2H3. The van der Waals surface area contributed by atoms with Gasteiger partial charge in [-0.05, 0) is 25.1 Å². The Bertz CT molecular complexity index is 615. The molecule has 0 bridgehead atoms. The molecule has 0 amide bonds. The highest BCUT2D eigenvalue weighted by atomic mass is 35.5. The Hall–Kier alpha value is -1.53. The number of halogens is 3. The smallest absolute Gasteiger partial charge is 0.142 e. The van der Waals surface area contributed by atoms with Crippen LogP contribution in [-0.2, 0) is 13.5 Å². The molecule has 0 radical (unpaired) electrons. The minimum absolute atomic E-state index is 0.218. The maximum Gasteiger partial charge on any atom is 0.142 e. The molecule has 1 heterocycles. The second kappa shape index (κ2) is 6.95. The van der Waals surface area contributed by atoms with E-state index in [0.29, 0.717) is 18.8 Å². The first-order valence-electron chi connectivity index (χ1n) is 6.73. The fourth-order valence-corrected chi connectivity index (χ4v) is 2.25. The minimum Gasteiger partial charge on any atom is -0.309 e. The van der Waals surface area contributed by atoms with E-state index in [2.05, 4.69) is 15.4 Å². The van der Waals surface area contributed by atoms with Crippen molar-refractivity contribution in [3.05, 3.63) is 46.5 Å². The Morgan fingerprint density at radius 2 is 2.10 bits per heavy atom. The molecule has 114 valence electrons. The molecule has 2 aromatic rings. The van der Waals surface area contributed by atoms with Crippen molar-refractivity contribution in [3.8, 4) is 0 Å². The van der Waals surface area contributed by atoms with Crippen LogP contribution >= 0.6 is 11.6 Å². The molecule has 1 aromatic heterocycles. The first-order chi connectivity index (χ1) is 10.0. The molecule has 4 nitrogen and oxygen atoms in total. The molecular weight excluding hydrogens is 298 g/mol. The van der Waals surface area contributed by atoms with Crippen LogP contribution in [-0.4, -0.2) is 21.3 Å². The van der Waals surface area contributed by atoms with E-state index in [-0.39, 0.29) is 16.6 Å². The molecule has 0 fully saturated rings. The Labute approximate surface area is 127 Å². The summed E-state index contributed by atoms with van der Waals surface area (Å²) >= 11 is 5.60. The summed E-state index contributed by atoms with van der Waals surface area (Å²) in [5, 5.41) is 6.98. The van der Waals surface area contributed by atoms with Crippen LogP contribution in [0.4, 0.5) is 8.78 Å². The molecule has 2 rings (SSSR count). The number of rotatable bonds is 6. The summed E-state index contributed by atoms with van der Waals surface area (Å²) in [6.45, 7) is 2.69. The average Bonchev–Trinajstić information content (AvgIpc) is 2.84. The zero-order valence-corrected chi connectivity index (χ0v) is 12.7. The lowest BCUT2D eigenvalue weighted by Crippen LogP contribution is -2.26. The second-order valence-corrected chi connectivity index (χ2v) is 5.21. The number of aromatic nitrogens is 3. The van der Waals surface area contributed by atoms with Crippen LogP contribution in [0.2, 0.25) is 5.02 Å². The van der Waals surface area contributed by atoms with Crippen LogP contribution in [0.25, 0.3) is 0 Å². The van der Waals surface area contributed by atoms with Gasteiger partial charge in [-0.15, -0.1) is 0 Å². The van der Waals surface area contributed by atoms with Crippen LogP contribution in [0.1, 0.15) is 30.8 Å². The van der Waals surface area contributed by atoms with E-state index in [1.54, 1.807) is 11.7 Å². The summed E-state index contributed by atoms with van der Waals surface area (Å²) in [5.41, 5.74) is 0.244. The monoisotopic (exact) mass is 314 g/mol. The van der Waals surface area contributed by atoms with Crippen LogP contribution in [0.15, 0.2) is 18.5 Å². The minimum atomic E-state index is -0.630. The second-order valence-electron chi connectivity index (χ2n) is 4.80. The van der Waals surface area contributed by atoms with E-state index >= 15 is 0 Å². The molecule has 0 aliphatic rings. The fraction of sp³-hybridized carbons (Fsp3) is 0.429. The molecule has 0 spiro atoms. The van der Waals surface area contributed by atoms with Gasteiger partial charge in [-0.2, -0.15) is 5.10 Å². The molecule has 0 aliphatic heterocycles. The van der Waals surface area contributed by atoms with Gasteiger partial charge in [0.15, 0.2) is 0 Å². The predicted octanol–water partition coefficient (Wildman–Crippen LogP) is 3.03. The lowest BCUT2D eigenvalue weighted by Gasteiger charge is -2.19. The van der Waals surface area contributed by atoms with Crippen molar-refractivity contribution < 1.29 is 8.78 Å². The SMILES string of the molecule is CCCNC(Cc1ncnn1C)c1cc(F)c(Cl)cc1F. The van der Waals surface area contributed by atoms with Gasteiger partial charge in [0, 0.05) is 25.1 Å². The first kappa shape index (κ1) is 15.9. The van der Waals surface area contributed by atoms with Gasteiger partial charge < -0.3 is 5.32 Å². The average molecular weight is 315 g/mol. The third-order valence-corrected chi connectivity index (χ3v) is 3.54. The number of aryl methyl sites for hydroxylation is 1.